The van der Waals surface area contributed by atoms with Crippen LogP contribution in [-0.2, 0) is 17.8 Å². The lowest BCUT2D eigenvalue weighted by molar-refractivity contribution is -0.130. The van der Waals surface area contributed by atoms with Crippen LogP contribution in [0, 0.1) is 6.92 Å². The molecule has 4 nitrogen and oxygen atoms in total. The number of hydrogen-bond acceptors (Lipinski definition) is 2. The van der Waals surface area contributed by atoms with Gasteiger partial charge in [0, 0.05) is 43.5 Å². The predicted octanol–water partition coefficient (Wildman–Crippen LogP) is 2.15. The first-order valence-corrected chi connectivity index (χ1v) is 7.89. The van der Waals surface area contributed by atoms with Crippen LogP contribution >= 0.6 is 0 Å². The van der Waals surface area contributed by atoms with Gasteiger partial charge in [0.05, 0.1) is 0 Å². The molecule has 1 fully saturated rings. The number of aryl methyl sites for hydroxylation is 1. The SMILES string of the molecule is Cc1cc2c(n1CCC(=O)N1CCCC1)CCCC2N. The smallest absolute Gasteiger partial charge is 0.224 e. The first-order chi connectivity index (χ1) is 9.66. The number of likely N-dealkylation sites (tertiary alicyclic amines) is 1. The number of carbonyl (C=O) groups excluding carboxylic acids is 1. The molecule has 2 N–H and O–H groups in total. The van der Waals surface area contributed by atoms with E-state index < -0.39 is 0 Å². The van der Waals surface area contributed by atoms with Crippen molar-refractivity contribution in [1.29, 1.82) is 0 Å². The summed E-state index contributed by atoms with van der Waals surface area (Å²) >= 11 is 0. The fraction of sp³-hybridized carbons (Fsp3) is 0.688. The Bertz CT molecular complexity index is 500. The largest absolute Gasteiger partial charge is 0.348 e. The molecule has 0 spiro atoms. The lowest BCUT2D eigenvalue weighted by Gasteiger charge is -2.22. The highest BCUT2D eigenvalue weighted by molar-refractivity contribution is 5.76. The van der Waals surface area contributed by atoms with Gasteiger partial charge in [-0.25, -0.2) is 0 Å². The Morgan fingerprint density at radius 3 is 2.85 bits per heavy atom. The van der Waals surface area contributed by atoms with Crippen LogP contribution in [0.5, 0.6) is 0 Å². The zero-order valence-corrected chi connectivity index (χ0v) is 12.4. The first kappa shape index (κ1) is 13.7. The lowest BCUT2D eigenvalue weighted by atomic mass is 9.93. The van der Waals surface area contributed by atoms with Gasteiger partial charge < -0.3 is 15.2 Å². The first-order valence-electron chi connectivity index (χ1n) is 7.89. The summed E-state index contributed by atoms with van der Waals surface area (Å²) in [6.45, 7) is 4.84. The minimum Gasteiger partial charge on any atom is -0.348 e. The Kier molecular flexibility index (Phi) is 3.83. The van der Waals surface area contributed by atoms with Gasteiger partial charge in [0.2, 0.25) is 5.91 Å². The van der Waals surface area contributed by atoms with Gasteiger partial charge in [0.1, 0.15) is 0 Å². The number of aromatic nitrogens is 1. The van der Waals surface area contributed by atoms with Crippen LogP contribution in [-0.4, -0.2) is 28.5 Å². The minimum atomic E-state index is 0.188. The third-order valence-corrected chi connectivity index (χ3v) is 4.79. The molecule has 1 unspecified atom stereocenters. The molecule has 2 aliphatic rings. The Hall–Kier alpha value is -1.29. The number of nitrogens with two attached hydrogens (primary N) is 1. The van der Waals surface area contributed by atoms with Gasteiger partial charge in [-0.2, -0.15) is 0 Å². The molecule has 1 saturated heterocycles. The number of amides is 1. The highest BCUT2D eigenvalue weighted by Crippen LogP contribution is 2.30. The van der Waals surface area contributed by atoms with Crippen molar-refractivity contribution >= 4 is 5.91 Å². The molecule has 20 heavy (non-hydrogen) atoms. The summed E-state index contributed by atoms with van der Waals surface area (Å²) in [5.41, 5.74) is 10.1. The van der Waals surface area contributed by atoms with Crippen LogP contribution in [0.1, 0.15) is 55.1 Å². The van der Waals surface area contributed by atoms with Crippen LogP contribution < -0.4 is 5.73 Å². The predicted molar refractivity (Wildman–Crippen MR) is 79.5 cm³/mol. The van der Waals surface area contributed by atoms with Gasteiger partial charge in [0.25, 0.3) is 0 Å². The minimum absolute atomic E-state index is 0.188. The number of carbonyl (C=O) groups is 1. The summed E-state index contributed by atoms with van der Waals surface area (Å²) < 4.78 is 2.32. The van der Waals surface area contributed by atoms with Crippen molar-refractivity contribution in [2.45, 2.75) is 58.0 Å². The van der Waals surface area contributed by atoms with E-state index >= 15 is 0 Å². The number of hydrogen-bond donors (Lipinski definition) is 1. The van der Waals surface area contributed by atoms with E-state index in [1.165, 1.54) is 29.8 Å². The summed E-state index contributed by atoms with van der Waals surface area (Å²) in [7, 11) is 0. The molecular formula is C16H25N3O. The second-order valence-electron chi connectivity index (χ2n) is 6.18. The van der Waals surface area contributed by atoms with Crippen molar-refractivity contribution in [2.75, 3.05) is 13.1 Å². The van der Waals surface area contributed by atoms with Gasteiger partial charge in [-0.1, -0.05) is 0 Å². The van der Waals surface area contributed by atoms with Crippen LogP contribution in [0.4, 0.5) is 0 Å². The van der Waals surface area contributed by atoms with E-state index in [0.717, 1.165) is 38.9 Å². The molecule has 110 valence electrons. The molecule has 4 heteroatoms. The molecule has 0 radical (unpaired) electrons. The van der Waals surface area contributed by atoms with E-state index in [1.54, 1.807) is 0 Å². The fourth-order valence-corrected chi connectivity index (χ4v) is 3.64. The third-order valence-electron chi connectivity index (χ3n) is 4.79. The van der Waals surface area contributed by atoms with Gasteiger partial charge >= 0.3 is 0 Å². The molecule has 2 heterocycles. The summed E-state index contributed by atoms with van der Waals surface area (Å²) in [5.74, 6) is 0.310. The summed E-state index contributed by atoms with van der Waals surface area (Å²) in [5, 5.41) is 0. The summed E-state index contributed by atoms with van der Waals surface area (Å²) in [4.78, 5) is 14.2. The Morgan fingerprint density at radius 2 is 2.10 bits per heavy atom. The van der Waals surface area contributed by atoms with E-state index in [9.17, 15) is 4.79 Å². The molecule has 0 saturated carbocycles. The maximum absolute atomic E-state index is 12.2. The highest BCUT2D eigenvalue weighted by atomic mass is 16.2. The molecule has 1 aromatic heterocycles. The topological polar surface area (TPSA) is 51.3 Å². The van der Waals surface area contributed by atoms with Crippen molar-refractivity contribution in [3.63, 3.8) is 0 Å². The maximum atomic E-state index is 12.2. The monoisotopic (exact) mass is 275 g/mol. The van der Waals surface area contributed by atoms with Gasteiger partial charge in [-0.3, -0.25) is 4.79 Å². The molecule has 3 rings (SSSR count). The van der Waals surface area contributed by atoms with E-state index in [2.05, 4.69) is 17.6 Å². The molecule has 1 atom stereocenters. The molecule has 1 amide bonds. The van der Waals surface area contributed by atoms with E-state index in [4.69, 9.17) is 5.73 Å². The van der Waals surface area contributed by atoms with Crippen LogP contribution in [0.15, 0.2) is 6.07 Å². The standard InChI is InChI=1S/C16H25N3O/c1-12-11-13-14(17)5-4-6-15(13)19(12)10-7-16(20)18-8-2-3-9-18/h11,14H,2-10,17H2,1H3. The molecule has 1 aliphatic heterocycles. The van der Waals surface area contributed by atoms with Crippen molar-refractivity contribution in [2.24, 2.45) is 5.73 Å². The van der Waals surface area contributed by atoms with Crippen molar-refractivity contribution in [1.82, 2.24) is 9.47 Å². The second-order valence-corrected chi connectivity index (χ2v) is 6.18. The summed E-state index contributed by atoms with van der Waals surface area (Å²) in [6.07, 6.45) is 6.31. The molecule has 0 aromatic carbocycles. The zero-order valence-electron chi connectivity index (χ0n) is 12.4. The quantitative estimate of drug-likeness (QED) is 0.919. The normalized spacial score (nSPS) is 22.1. The number of fused-ring (bicyclic) bond motifs is 1. The second kappa shape index (κ2) is 5.60. The van der Waals surface area contributed by atoms with Crippen LogP contribution in [0.25, 0.3) is 0 Å². The average Bonchev–Trinajstić information content (AvgIpc) is 3.05. The van der Waals surface area contributed by atoms with Crippen LogP contribution in [0.3, 0.4) is 0 Å². The molecule has 1 aromatic rings. The van der Waals surface area contributed by atoms with Gasteiger partial charge in [-0.05, 0) is 50.7 Å². The van der Waals surface area contributed by atoms with Gasteiger partial charge in [0.15, 0.2) is 0 Å². The summed E-state index contributed by atoms with van der Waals surface area (Å²) in [6, 6.07) is 2.41. The highest BCUT2D eigenvalue weighted by Gasteiger charge is 2.23. The molecular weight excluding hydrogens is 250 g/mol. The number of rotatable bonds is 3. The molecule has 1 aliphatic carbocycles. The lowest BCUT2D eigenvalue weighted by Crippen LogP contribution is -2.28. The number of nitrogens with zero attached hydrogens (tertiary/aromatic N) is 2. The van der Waals surface area contributed by atoms with E-state index in [-0.39, 0.29) is 6.04 Å². The Morgan fingerprint density at radius 1 is 1.35 bits per heavy atom. The van der Waals surface area contributed by atoms with Crippen molar-refractivity contribution < 1.29 is 4.79 Å². The zero-order chi connectivity index (χ0) is 14.1. The van der Waals surface area contributed by atoms with E-state index in [0.29, 0.717) is 12.3 Å². The van der Waals surface area contributed by atoms with E-state index in [1.807, 2.05) is 4.90 Å². The third kappa shape index (κ3) is 2.49. The molecule has 0 bridgehead atoms. The maximum Gasteiger partial charge on any atom is 0.224 e. The van der Waals surface area contributed by atoms with Gasteiger partial charge in [-0.15, -0.1) is 0 Å². The van der Waals surface area contributed by atoms with Crippen molar-refractivity contribution in [3.05, 3.63) is 23.0 Å². The fourth-order valence-electron chi connectivity index (χ4n) is 3.64. The van der Waals surface area contributed by atoms with Crippen molar-refractivity contribution in [3.8, 4) is 0 Å². The Labute approximate surface area is 120 Å². The Balaban J connectivity index is 1.69. The van der Waals surface area contributed by atoms with Crippen LogP contribution in [0.2, 0.25) is 0 Å². The average molecular weight is 275 g/mol.